The zero-order valence-electron chi connectivity index (χ0n) is 8.43. The number of rotatable bonds is 7. The van der Waals surface area contributed by atoms with Gasteiger partial charge in [-0.2, -0.15) is 0 Å². The smallest absolute Gasteiger partial charge is 0.0700 e. The first-order valence-electron chi connectivity index (χ1n) is 4.48. The maximum atomic E-state index is 5.92. The molecule has 12 heavy (non-hydrogen) atoms. The van der Waals surface area contributed by atoms with Crippen molar-refractivity contribution in [2.75, 3.05) is 26.9 Å². The largest absolute Gasteiger partial charge is 0.382 e. The van der Waals surface area contributed by atoms with Crippen LogP contribution < -0.4 is 5.73 Å². The predicted molar refractivity (Wildman–Crippen MR) is 50.2 cm³/mol. The molecule has 0 aromatic carbocycles. The monoisotopic (exact) mass is 175 g/mol. The number of methoxy groups -OCH3 is 1. The highest BCUT2D eigenvalue weighted by Gasteiger charge is 2.14. The molecule has 0 saturated heterocycles. The molecule has 1 atom stereocenters. The minimum absolute atomic E-state index is 0.0763. The van der Waals surface area contributed by atoms with Crippen molar-refractivity contribution in [1.29, 1.82) is 0 Å². The summed E-state index contributed by atoms with van der Waals surface area (Å²) in [6.07, 6.45) is 1.90. The highest BCUT2D eigenvalue weighted by atomic mass is 16.5. The topological polar surface area (TPSA) is 44.5 Å². The molecule has 0 bridgehead atoms. The minimum atomic E-state index is -0.0763. The molecular formula is C9H21NO2. The van der Waals surface area contributed by atoms with Crippen molar-refractivity contribution in [2.45, 2.75) is 32.2 Å². The Morgan fingerprint density at radius 3 is 2.42 bits per heavy atom. The van der Waals surface area contributed by atoms with E-state index in [1.165, 1.54) is 0 Å². The summed E-state index contributed by atoms with van der Waals surface area (Å²) in [4.78, 5) is 0. The lowest BCUT2D eigenvalue weighted by molar-refractivity contribution is 0.0619. The second-order valence-electron chi connectivity index (χ2n) is 3.36. The third kappa shape index (κ3) is 6.58. The molecule has 0 aliphatic heterocycles. The molecule has 74 valence electrons. The SMILES string of the molecule is CCC(C)(N)CCOCCOC. The van der Waals surface area contributed by atoms with Gasteiger partial charge in [0.15, 0.2) is 0 Å². The quantitative estimate of drug-likeness (QED) is 0.591. The van der Waals surface area contributed by atoms with Crippen LogP contribution in [0.15, 0.2) is 0 Å². The van der Waals surface area contributed by atoms with Gasteiger partial charge < -0.3 is 15.2 Å². The molecule has 0 amide bonds. The Hall–Kier alpha value is -0.120. The van der Waals surface area contributed by atoms with Crippen molar-refractivity contribution in [3.8, 4) is 0 Å². The van der Waals surface area contributed by atoms with Gasteiger partial charge in [-0.3, -0.25) is 0 Å². The Morgan fingerprint density at radius 2 is 1.92 bits per heavy atom. The van der Waals surface area contributed by atoms with Crippen LogP contribution in [0.4, 0.5) is 0 Å². The normalized spacial score (nSPS) is 16.0. The van der Waals surface area contributed by atoms with E-state index >= 15 is 0 Å². The summed E-state index contributed by atoms with van der Waals surface area (Å²) in [5.74, 6) is 0. The predicted octanol–water partition coefficient (Wildman–Crippen LogP) is 1.17. The van der Waals surface area contributed by atoms with Crippen LogP contribution in [-0.4, -0.2) is 32.5 Å². The molecule has 0 aromatic heterocycles. The molecule has 0 saturated carbocycles. The van der Waals surface area contributed by atoms with Gasteiger partial charge in [-0.1, -0.05) is 6.92 Å². The molecule has 0 fully saturated rings. The van der Waals surface area contributed by atoms with Gasteiger partial charge in [-0.15, -0.1) is 0 Å². The molecule has 3 heteroatoms. The first kappa shape index (κ1) is 11.9. The maximum absolute atomic E-state index is 5.92. The summed E-state index contributed by atoms with van der Waals surface area (Å²) in [5.41, 5.74) is 5.84. The molecule has 1 unspecified atom stereocenters. The van der Waals surface area contributed by atoms with Crippen LogP contribution in [0.3, 0.4) is 0 Å². The molecule has 3 nitrogen and oxygen atoms in total. The summed E-state index contributed by atoms with van der Waals surface area (Å²) in [5, 5.41) is 0. The molecule has 0 radical (unpaired) electrons. The number of hydrogen-bond donors (Lipinski definition) is 1. The van der Waals surface area contributed by atoms with Crippen LogP contribution in [0.1, 0.15) is 26.7 Å². The van der Waals surface area contributed by atoms with E-state index in [0.717, 1.165) is 19.4 Å². The third-order valence-electron chi connectivity index (χ3n) is 2.06. The van der Waals surface area contributed by atoms with Gasteiger partial charge in [0.25, 0.3) is 0 Å². The summed E-state index contributed by atoms with van der Waals surface area (Å²) >= 11 is 0. The summed E-state index contributed by atoms with van der Waals surface area (Å²) in [7, 11) is 1.67. The molecular weight excluding hydrogens is 154 g/mol. The van der Waals surface area contributed by atoms with Gasteiger partial charge in [-0.05, 0) is 19.8 Å². The fourth-order valence-electron chi connectivity index (χ4n) is 0.726. The molecule has 0 aliphatic carbocycles. The third-order valence-corrected chi connectivity index (χ3v) is 2.06. The van der Waals surface area contributed by atoms with E-state index in [1.807, 2.05) is 6.92 Å². The van der Waals surface area contributed by atoms with Crippen molar-refractivity contribution in [3.05, 3.63) is 0 Å². The molecule has 0 rings (SSSR count). The lowest BCUT2D eigenvalue weighted by Gasteiger charge is -2.22. The van der Waals surface area contributed by atoms with Gasteiger partial charge in [0.1, 0.15) is 0 Å². The van der Waals surface area contributed by atoms with Crippen LogP contribution in [0.25, 0.3) is 0 Å². The van der Waals surface area contributed by atoms with Gasteiger partial charge in [0.2, 0.25) is 0 Å². The first-order valence-corrected chi connectivity index (χ1v) is 4.48. The van der Waals surface area contributed by atoms with E-state index in [1.54, 1.807) is 7.11 Å². The van der Waals surface area contributed by atoms with Crippen LogP contribution in [0.5, 0.6) is 0 Å². The summed E-state index contributed by atoms with van der Waals surface area (Å²) in [6, 6.07) is 0. The number of nitrogens with two attached hydrogens (primary N) is 1. The maximum Gasteiger partial charge on any atom is 0.0700 e. The van der Waals surface area contributed by atoms with Crippen LogP contribution in [0.2, 0.25) is 0 Å². The Balaban J connectivity index is 3.19. The molecule has 0 aromatic rings. The van der Waals surface area contributed by atoms with Crippen molar-refractivity contribution in [1.82, 2.24) is 0 Å². The van der Waals surface area contributed by atoms with E-state index in [0.29, 0.717) is 13.2 Å². The summed E-state index contributed by atoms with van der Waals surface area (Å²) in [6.45, 7) is 6.19. The van der Waals surface area contributed by atoms with Gasteiger partial charge in [0, 0.05) is 19.3 Å². The van der Waals surface area contributed by atoms with E-state index in [-0.39, 0.29) is 5.54 Å². The van der Waals surface area contributed by atoms with E-state index in [2.05, 4.69) is 6.92 Å². The van der Waals surface area contributed by atoms with Crippen molar-refractivity contribution >= 4 is 0 Å². The highest BCUT2D eigenvalue weighted by Crippen LogP contribution is 2.09. The standard InChI is InChI=1S/C9H21NO2/c1-4-9(2,10)5-6-12-8-7-11-3/h4-8,10H2,1-3H3. The Morgan fingerprint density at radius 1 is 1.25 bits per heavy atom. The average Bonchev–Trinajstić information content (AvgIpc) is 2.04. The van der Waals surface area contributed by atoms with Gasteiger partial charge >= 0.3 is 0 Å². The lowest BCUT2D eigenvalue weighted by atomic mass is 9.97. The highest BCUT2D eigenvalue weighted by molar-refractivity contribution is 4.75. The molecule has 0 spiro atoms. The van der Waals surface area contributed by atoms with E-state index in [4.69, 9.17) is 15.2 Å². The Labute approximate surface area is 75.2 Å². The second-order valence-corrected chi connectivity index (χ2v) is 3.36. The molecule has 0 aliphatic rings. The Bertz CT molecular complexity index is 105. The van der Waals surface area contributed by atoms with Crippen molar-refractivity contribution in [3.63, 3.8) is 0 Å². The molecule has 2 N–H and O–H groups in total. The zero-order valence-corrected chi connectivity index (χ0v) is 8.43. The molecule has 0 heterocycles. The van der Waals surface area contributed by atoms with E-state index < -0.39 is 0 Å². The van der Waals surface area contributed by atoms with Crippen molar-refractivity contribution < 1.29 is 9.47 Å². The van der Waals surface area contributed by atoms with Gasteiger partial charge in [0.05, 0.1) is 13.2 Å². The fraction of sp³-hybridized carbons (Fsp3) is 1.00. The van der Waals surface area contributed by atoms with E-state index in [9.17, 15) is 0 Å². The van der Waals surface area contributed by atoms with Gasteiger partial charge in [-0.25, -0.2) is 0 Å². The first-order chi connectivity index (χ1) is 5.62. The minimum Gasteiger partial charge on any atom is -0.382 e. The lowest BCUT2D eigenvalue weighted by Crippen LogP contribution is -2.36. The van der Waals surface area contributed by atoms with Crippen molar-refractivity contribution in [2.24, 2.45) is 5.73 Å². The number of ether oxygens (including phenoxy) is 2. The second kappa shape index (κ2) is 6.40. The fourth-order valence-corrected chi connectivity index (χ4v) is 0.726. The summed E-state index contributed by atoms with van der Waals surface area (Å²) < 4.78 is 10.2. The Kier molecular flexibility index (Phi) is 6.34. The van der Waals surface area contributed by atoms with Crippen LogP contribution in [-0.2, 0) is 9.47 Å². The average molecular weight is 175 g/mol. The van der Waals surface area contributed by atoms with Crippen LogP contribution in [0, 0.1) is 0 Å². The van der Waals surface area contributed by atoms with Crippen LogP contribution >= 0.6 is 0 Å². The number of hydrogen-bond acceptors (Lipinski definition) is 3. The zero-order chi connectivity index (χ0) is 9.45.